The van der Waals surface area contributed by atoms with Crippen molar-refractivity contribution in [3.63, 3.8) is 0 Å². The number of hydrogen-bond donors (Lipinski definition) is 0. The van der Waals surface area contributed by atoms with Crippen LogP contribution in [0.5, 0.6) is 11.5 Å². The van der Waals surface area contributed by atoms with Crippen molar-refractivity contribution in [3.8, 4) is 11.5 Å². The molecular formula is C23H29ClO3. The average Bonchev–Trinajstić information content (AvgIpc) is 2.67. The van der Waals surface area contributed by atoms with Crippen molar-refractivity contribution in [2.24, 2.45) is 0 Å². The molecule has 27 heavy (non-hydrogen) atoms. The fourth-order valence-electron chi connectivity index (χ4n) is 2.76. The van der Waals surface area contributed by atoms with E-state index < -0.39 is 5.97 Å². The van der Waals surface area contributed by atoms with Gasteiger partial charge in [-0.05, 0) is 55.2 Å². The molecule has 0 aliphatic carbocycles. The molecule has 0 radical (unpaired) electrons. The molecule has 2 aromatic rings. The average molecular weight is 389 g/mol. The number of ether oxygens (including phenoxy) is 2. The molecule has 0 amide bonds. The van der Waals surface area contributed by atoms with Crippen molar-refractivity contribution in [3.05, 3.63) is 58.6 Å². The number of benzene rings is 2. The lowest BCUT2D eigenvalue weighted by Crippen LogP contribution is -2.09. The van der Waals surface area contributed by atoms with Crippen LogP contribution in [-0.2, 0) is 6.42 Å². The van der Waals surface area contributed by atoms with E-state index in [-0.39, 0.29) is 0 Å². The molecule has 0 saturated heterocycles. The van der Waals surface area contributed by atoms with Crippen LogP contribution in [0.3, 0.4) is 0 Å². The van der Waals surface area contributed by atoms with Gasteiger partial charge < -0.3 is 9.47 Å². The maximum absolute atomic E-state index is 12.4. The van der Waals surface area contributed by atoms with Gasteiger partial charge in [0.2, 0.25) is 0 Å². The fourth-order valence-corrected chi connectivity index (χ4v) is 3.01. The highest BCUT2D eigenvalue weighted by molar-refractivity contribution is 6.33. The van der Waals surface area contributed by atoms with Crippen LogP contribution in [0.2, 0.25) is 5.02 Å². The number of unbranched alkanes of at least 4 members (excludes halogenated alkanes) is 4. The topological polar surface area (TPSA) is 35.5 Å². The lowest BCUT2D eigenvalue weighted by Gasteiger charge is -2.09. The number of rotatable bonds is 11. The van der Waals surface area contributed by atoms with Gasteiger partial charge in [-0.25, -0.2) is 4.79 Å². The smallest absolute Gasteiger partial charge is 0.345 e. The van der Waals surface area contributed by atoms with Crippen LogP contribution in [0, 0.1) is 0 Å². The summed E-state index contributed by atoms with van der Waals surface area (Å²) in [6.07, 6.45) is 7.95. The molecule has 0 saturated carbocycles. The molecule has 4 heteroatoms. The summed E-state index contributed by atoms with van der Waals surface area (Å²) in [6.45, 7) is 4.99. The van der Waals surface area contributed by atoms with E-state index >= 15 is 0 Å². The van der Waals surface area contributed by atoms with Crippen LogP contribution in [0.1, 0.15) is 68.3 Å². The predicted molar refractivity (Wildman–Crippen MR) is 111 cm³/mol. The van der Waals surface area contributed by atoms with Gasteiger partial charge in [0.15, 0.2) is 0 Å². The Labute approximate surface area is 167 Å². The Morgan fingerprint density at radius 2 is 1.56 bits per heavy atom. The summed E-state index contributed by atoms with van der Waals surface area (Å²) in [5.74, 6) is 0.732. The predicted octanol–water partition coefficient (Wildman–Crippen LogP) is 6.86. The minimum atomic E-state index is -0.462. The van der Waals surface area contributed by atoms with Gasteiger partial charge in [0.05, 0.1) is 17.2 Å². The van der Waals surface area contributed by atoms with Crippen molar-refractivity contribution in [2.45, 2.75) is 58.8 Å². The van der Waals surface area contributed by atoms with Crippen LogP contribution in [0.4, 0.5) is 0 Å². The maximum Gasteiger partial charge on any atom is 0.345 e. The highest BCUT2D eigenvalue weighted by Gasteiger charge is 2.14. The van der Waals surface area contributed by atoms with Gasteiger partial charge in [-0.2, -0.15) is 0 Å². The standard InChI is InChI=1S/C23H29ClO3/c1-3-5-7-9-18-10-12-19(13-11-18)27-23(25)21-15-14-20(17-22(21)24)26-16-8-6-4-2/h10-15,17H,3-9,16H2,1-2H3. The Hall–Kier alpha value is -2.00. The highest BCUT2D eigenvalue weighted by Crippen LogP contribution is 2.25. The van der Waals surface area contributed by atoms with Gasteiger partial charge in [-0.3, -0.25) is 0 Å². The van der Waals surface area contributed by atoms with E-state index in [1.54, 1.807) is 18.2 Å². The SMILES string of the molecule is CCCCCOc1ccc(C(=O)Oc2ccc(CCCCC)cc2)c(Cl)c1. The zero-order valence-electron chi connectivity index (χ0n) is 16.3. The monoisotopic (exact) mass is 388 g/mol. The summed E-state index contributed by atoms with van der Waals surface area (Å²) < 4.78 is 11.1. The Morgan fingerprint density at radius 3 is 2.22 bits per heavy atom. The molecule has 0 N–H and O–H groups in total. The lowest BCUT2D eigenvalue weighted by atomic mass is 10.1. The van der Waals surface area contributed by atoms with Gasteiger partial charge in [0.25, 0.3) is 0 Å². The second-order valence-electron chi connectivity index (χ2n) is 6.69. The lowest BCUT2D eigenvalue weighted by molar-refractivity contribution is 0.0735. The zero-order valence-corrected chi connectivity index (χ0v) is 17.1. The summed E-state index contributed by atoms with van der Waals surface area (Å²) in [5, 5.41) is 0.337. The number of halogens is 1. The molecule has 0 heterocycles. The van der Waals surface area contributed by atoms with Crippen LogP contribution >= 0.6 is 11.6 Å². The van der Waals surface area contributed by atoms with Crippen molar-refractivity contribution in [1.29, 1.82) is 0 Å². The number of esters is 1. The summed E-state index contributed by atoms with van der Waals surface area (Å²) in [4.78, 5) is 12.4. The molecule has 0 spiro atoms. The van der Waals surface area contributed by atoms with E-state index in [1.807, 2.05) is 24.3 Å². The van der Waals surface area contributed by atoms with E-state index in [0.717, 1.165) is 25.7 Å². The van der Waals surface area contributed by atoms with Crippen molar-refractivity contribution >= 4 is 17.6 Å². The second kappa shape index (κ2) is 11.7. The first-order valence-corrected chi connectivity index (χ1v) is 10.2. The molecule has 0 aromatic heterocycles. The normalized spacial score (nSPS) is 10.6. The highest BCUT2D eigenvalue weighted by atomic mass is 35.5. The quantitative estimate of drug-likeness (QED) is 0.239. The second-order valence-corrected chi connectivity index (χ2v) is 7.09. The molecule has 0 unspecified atom stereocenters. The first kappa shape index (κ1) is 21.3. The van der Waals surface area contributed by atoms with E-state index in [9.17, 15) is 4.79 Å². The molecule has 3 nitrogen and oxygen atoms in total. The molecule has 0 bridgehead atoms. The summed E-state index contributed by atoms with van der Waals surface area (Å²) in [5.41, 5.74) is 1.59. The molecule has 0 aliphatic heterocycles. The van der Waals surface area contributed by atoms with Crippen LogP contribution < -0.4 is 9.47 Å². The first-order chi connectivity index (χ1) is 13.1. The minimum absolute atomic E-state index is 0.337. The summed E-state index contributed by atoms with van der Waals surface area (Å²) in [7, 11) is 0. The van der Waals surface area contributed by atoms with Crippen molar-refractivity contribution in [1.82, 2.24) is 0 Å². The first-order valence-electron chi connectivity index (χ1n) is 9.87. The number of aryl methyl sites for hydroxylation is 1. The Balaban J connectivity index is 1.91. The maximum atomic E-state index is 12.4. The number of hydrogen-bond acceptors (Lipinski definition) is 3. The molecule has 0 atom stereocenters. The molecule has 2 aromatic carbocycles. The van der Waals surface area contributed by atoms with E-state index in [2.05, 4.69) is 13.8 Å². The van der Waals surface area contributed by atoms with E-state index in [1.165, 1.54) is 24.8 Å². The fraction of sp³-hybridized carbons (Fsp3) is 0.435. The summed E-state index contributed by atoms with van der Waals surface area (Å²) in [6, 6.07) is 12.8. The van der Waals surface area contributed by atoms with Crippen molar-refractivity contribution < 1.29 is 14.3 Å². The third kappa shape index (κ3) is 7.26. The summed E-state index contributed by atoms with van der Waals surface area (Å²) >= 11 is 6.25. The largest absolute Gasteiger partial charge is 0.494 e. The molecule has 0 aliphatic rings. The van der Waals surface area contributed by atoms with Crippen LogP contribution in [-0.4, -0.2) is 12.6 Å². The third-order valence-electron chi connectivity index (χ3n) is 4.38. The Bertz CT molecular complexity index is 710. The van der Waals surface area contributed by atoms with Gasteiger partial charge in [0, 0.05) is 0 Å². The van der Waals surface area contributed by atoms with Gasteiger partial charge >= 0.3 is 5.97 Å². The van der Waals surface area contributed by atoms with Crippen molar-refractivity contribution in [2.75, 3.05) is 6.61 Å². The van der Waals surface area contributed by atoms with Crippen LogP contribution in [0.25, 0.3) is 0 Å². The zero-order chi connectivity index (χ0) is 19.5. The van der Waals surface area contributed by atoms with E-state index in [4.69, 9.17) is 21.1 Å². The Kier molecular flexibility index (Phi) is 9.20. The minimum Gasteiger partial charge on any atom is -0.494 e. The van der Waals surface area contributed by atoms with Gasteiger partial charge in [-0.15, -0.1) is 0 Å². The van der Waals surface area contributed by atoms with Gasteiger partial charge in [0.1, 0.15) is 11.5 Å². The molecule has 146 valence electrons. The third-order valence-corrected chi connectivity index (χ3v) is 4.69. The molecule has 2 rings (SSSR count). The molecular weight excluding hydrogens is 360 g/mol. The molecule has 0 fully saturated rings. The number of carbonyl (C=O) groups is 1. The Morgan fingerprint density at radius 1 is 0.889 bits per heavy atom. The number of carbonyl (C=O) groups excluding carboxylic acids is 1. The van der Waals surface area contributed by atoms with Gasteiger partial charge in [-0.1, -0.05) is 63.3 Å². The van der Waals surface area contributed by atoms with E-state index in [0.29, 0.717) is 28.7 Å². The van der Waals surface area contributed by atoms with Crippen LogP contribution in [0.15, 0.2) is 42.5 Å².